The second-order valence-electron chi connectivity index (χ2n) is 6.72. The van der Waals surface area contributed by atoms with E-state index in [1.807, 2.05) is 0 Å². The van der Waals surface area contributed by atoms with Crippen molar-refractivity contribution in [3.63, 3.8) is 0 Å². The van der Waals surface area contributed by atoms with Gasteiger partial charge in [-0.15, -0.1) is 0 Å². The molecule has 1 aliphatic heterocycles. The van der Waals surface area contributed by atoms with Gasteiger partial charge in [0.25, 0.3) is 0 Å². The zero-order chi connectivity index (χ0) is 17.4. The Morgan fingerprint density at radius 3 is 2.79 bits per heavy atom. The molecule has 1 fully saturated rings. The Morgan fingerprint density at radius 2 is 2.17 bits per heavy atom. The summed E-state index contributed by atoms with van der Waals surface area (Å²) in [5.41, 5.74) is 1.05. The second-order valence-corrected chi connectivity index (χ2v) is 6.72. The minimum absolute atomic E-state index is 0.484. The summed E-state index contributed by atoms with van der Waals surface area (Å²) in [6.45, 7) is 11.2. The first kappa shape index (κ1) is 18.8. The number of aromatic nitrogens is 1. The van der Waals surface area contributed by atoms with Crippen LogP contribution >= 0.6 is 0 Å². The summed E-state index contributed by atoms with van der Waals surface area (Å²) in [7, 11) is 2.18. The van der Waals surface area contributed by atoms with Crippen LogP contribution in [0.5, 0.6) is 0 Å². The van der Waals surface area contributed by atoms with Crippen molar-refractivity contribution in [3.8, 4) is 0 Å². The van der Waals surface area contributed by atoms with Gasteiger partial charge in [0, 0.05) is 31.6 Å². The Labute approximate surface area is 146 Å². The maximum atomic E-state index is 5.45. The SMILES string of the molecule is CCNC(=NCc1cc(C(CC)CC)no1)NCC1CCN(C)C1. The van der Waals surface area contributed by atoms with E-state index in [0.717, 1.165) is 49.9 Å². The van der Waals surface area contributed by atoms with Gasteiger partial charge < -0.3 is 20.1 Å². The van der Waals surface area contributed by atoms with E-state index >= 15 is 0 Å². The lowest BCUT2D eigenvalue weighted by Crippen LogP contribution is -2.40. The molecule has 0 aliphatic carbocycles. The molecule has 1 atom stereocenters. The predicted molar refractivity (Wildman–Crippen MR) is 98.2 cm³/mol. The molecule has 2 rings (SSSR count). The second kappa shape index (κ2) is 9.67. The van der Waals surface area contributed by atoms with E-state index in [4.69, 9.17) is 4.52 Å². The molecule has 0 radical (unpaired) electrons. The van der Waals surface area contributed by atoms with Crippen molar-refractivity contribution in [2.75, 3.05) is 33.2 Å². The molecule has 0 bridgehead atoms. The van der Waals surface area contributed by atoms with E-state index in [1.54, 1.807) is 0 Å². The highest BCUT2D eigenvalue weighted by atomic mass is 16.5. The van der Waals surface area contributed by atoms with Gasteiger partial charge >= 0.3 is 0 Å². The van der Waals surface area contributed by atoms with Crippen molar-refractivity contribution in [2.45, 2.75) is 52.5 Å². The fourth-order valence-corrected chi connectivity index (χ4v) is 3.24. The lowest BCUT2D eigenvalue weighted by atomic mass is 9.99. The maximum absolute atomic E-state index is 5.45. The molecular weight excluding hydrogens is 302 g/mol. The van der Waals surface area contributed by atoms with E-state index < -0.39 is 0 Å². The number of guanidine groups is 1. The summed E-state index contributed by atoms with van der Waals surface area (Å²) >= 11 is 0. The van der Waals surface area contributed by atoms with Crippen LogP contribution in [0.25, 0.3) is 0 Å². The number of hydrogen-bond donors (Lipinski definition) is 2. The van der Waals surface area contributed by atoms with Crippen LogP contribution in [0.15, 0.2) is 15.6 Å². The molecule has 0 saturated carbocycles. The van der Waals surface area contributed by atoms with Crippen LogP contribution in [0.4, 0.5) is 0 Å². The lowest BCUT2D eigenvalue weighted by molar-refractivity contribution is 0.372. The Kier molecular flexibility index (Phi) is 7.56. The van der Waals surface area contributed by atoms with Crippen molar-refractivity contribution < 1.29 is 4.52 Å². The Bertz CT molecular complexity index is 509. The molecule has 1 aromatic heterocycles. The first-order valence-electron chi connectivity index (χ1n) is 9.32. The number of rotatable bonds is 8. The largest absolute Gasteiger partial charge is 0.359 e. The standard InChI is InChI=1S/C18H33N5O/c1-5-15(6-2)17-10-16(24-22-17)12-21-18(19-7-3)20-11-14-8-9-23(4)13-14/h10,14-15H,5-9,11-13H2,1-4H3,(H2,19,20,21). The van der Waals surface area contributed by atoms with Crippen LogP contribution in [-0.2, 0) is 6.54 Å². The number of hydrogen-bond acceptors (Lipinski definition) is 4. The summed E-state index contributed by atoms with van der Waals surface area (Å²) in [6, 6.07) is 2.05. The van der Waals surface area contributed by atoms with E-state index in [1.165, 1.54) is 13.0 Å². The van der Waals surface area contributed by atoms with Gasteiger partial charge in [-0.1, -0.05) is 19.0 Å². The summed E-state index contributed by atoms with van der Waals surface area (Å²) in [6.07, 6.45) is 3.43. The van der Waals surface area contributed by atoms with E-state index in [-0.39, 0.29) is 0 Å². The topological polar surface area (TPSA) is 65.7 Å². The van der Waals surface area contributed by atoms with Crippen molar-refractivity contribution in [1.29, 1.82) is 0 Å². The molecule has 136 valence electrons. The van der Waals surface area contributed by atoms with Gasteiger partial charge in [0.1, 0.15) is 6.54 Å². The molecule has 1 unspecified atom stereocenters. The van der Waals surface area contributed by atoms with Gasteiger partial charge in [0.2, 0.25) is 0 Å². The van der Waals surface area contributed by atoms with Gasteiger partial charge in [0.15, 0.2) is 11.7 Å². The van der Waals surface area contributed by atoms with Crippen LogP contribution in [0.3, 0.4) is 0 Å². The monoisotopic (exact) mass is 335 g/mol. The molecule has 0 spiro atoms. The highest BCUT2D eigenvalue weighted by Crippen LogP contribution is 2.22. The van der Waals surface area contributed by atoms with Gasteiger partial charge in [-0.3, -0.25) is 0 Å². The Morgan fingerprint density at radius 1 is 1.38 bits per heavy atom. The van der Waals surface area contributed by atoms with E-state index in [2.05, 4.69) is 59.6 Å². The molecule has 0 aromatic carbocycles. The molecule has 24 heavy (non-hydrogen) atoms. The van der Waals surface area contributed by atoms with Crippen LogP contribution in [0.1, 0.15) is 57.4 Å². The zero-order valence-corrected chi connectivity index (χ0v) is 15.6. The van der Waals surface area contributed by atoms with Crippen molar-refractivity contribution in [2.24, 2.45) is 10.9 Å². The third-order valence-electron chi connectivity index (χ3n) is 4.77. The summed E-state index contributed by atoms with van der Waals surface area (Å²) in [5, 5.41) is 11.0. The average molecular weight is 335 g/mol. The normalized spacial score (nSPS) is 19.2. The molecule has 6 heteroatoms. The molecule has 2 heterocycles. The van der Waals surface area contributed by atoms with Crippen molar-refractivity contribution in [1.82, 2.24) is 20.7 Å². The van der Waals surface area contributed by atoms with E-state index in [9.17, 15) is 0 Å². The number of likely N-dealkylation sites (tertiary alicyclic amines) is 1. The van der Waals surface area contributed by atoms with Gasteiger partial charge in [-0.2, -0.15) is 0 Å². The smallest absolute Gasteiger partial charge is 0.191 e. The highest BCUT2D eigenvalue weighted by Gasteiger charge is 2.19. The fraction of sp³-hybridized carbons (Fsp3) is 0.778. The molecule has 1 saturated heterocycles. The summed E-state index contributed by atoms with van der Waals surface area (Å²) < 4.78 is 5.45. The van der Waals surface area contributed by atoms with Crippen LogP contribution in [0, 0.1) is 5.92 Å². The zero-order valence-electron chi connectivity index (χ0n) is 15.6. The fourth-order valence-electron chi connectivity index (χ4n) is 3.24. The third kappa shape index (κ3) is 5.51. The van der Waals surface area contributed by atoms with Crippen LogP contribution in [-0.4, -0.2) is 49.2 Å². The van der Waals surface area contributed by atoms with Gasteiger partial charge in [-0.05, 0) is 45.7 Å². The first-order valence-corrected chi connectivity index (χ1v) is 9.32. The Hall–Kier alpha value is -1.56. The predicted octanol–water partition coefficient (Wildman–Crippen LogP) is 2.59. The minimum Gasteiger partial charge on any atom is -0.359 e. The lowest BCUT2D eigenvalue weighted by Gasteiger charge is -2.15. The number of nitrogens with zero attached hydrogens (tertiary/aromatic N) is 3. The van der Waals surface area contributed by atoms with E-state index in [0.29, 0.717) is 18.4 Å². The molecular formula is C18H33N5O. The van der Waals surface area contributed by atoms with Gasteiger partial charge in [-0.25, -0.2) is 4.99 Å². The average Bonchev–Trinajstić information content (AvgIpc) is 3.21. The molecule has 6 nitrogen and oxygen atoms in total. The first-order chi connectivity index (χ1) is 11.7. The summed E-state index contributed by atoms with van der Waals surface area (Å²) in [5.74, 6) is 2.87. The maximum Gasteiger partial charge on any atom is 0.191 e. The van der Waals surface area contributed by atoms with Crippen LogP contribution < -0.4 is 10.6 Å². The number of aliphatic imine (C=N–C) groups is 1. The Balaban J connectivity index is 1.88. The third-order valence-corrected chi connectivity index (χ3v) is 4.77. The van der Waals surface area contributed by atoms with Crippen molar-refractivity contribution in [3.05, 3.63) is 17.5 Å². The molecule has 2 N–H and O–H groups in total. The van der Waals surface area contributed by atoms with Crippen molar-refractivity contribution >= 4 is 5.96 Å². The minimum atomic E-state index is 0.484. The highest BCUT2D eigenvalue weighted by molar-refractivity contribution is 5.79. The van der Waals surface area contributed by atoms with Gasteiger partial charge in [0.05, 0.1) is 5.69 Å². The quantitative estimate of drug-likeness (QED) is 0.565. The number of nitrogens with one attached hydrogen (secondary N) is 2. The molecule has 1 aliphatic rings. The summed E-state index contributed by atoms with van der Waals surface area (Å²) in [4.78, 5) is 7.01. The molecule has 1 aromatic rings. The van der Waals surface area contributed by atoms with Crippen LogP contribution in [0.2, 0.25) is 0 Å². The molecule has 0 amide bonds.